The number of aromatic nitrogens is 2. The molecular formula is C9H7ClN2OS. The summed E-state index contributed by atoms with van der Waals surface area (Å²) in [5, 5.41) is 9.71. The van der Waals surface area contributed by atoms with Crippen LogP contribution >= 0.6 is 22.9 Å². The van der Waals surface area contributed by atoms with Crippen molar-refractivity contribution in [3.8, 4) is 10.6 Å². The molecule has 0 aliphatic rings. The molecule has 1 N–H and O–H groups in total. The van der Waals surface area contributed by atoms with E-state index in [4.69, 9.17) is 16.7 Å². The highest BCUT2D eigenvalue weighted by Gasteiger charge is 2.09. The number of aliphatic hydroxyl groups excluding tert-OH is 1. The number of pyridine rings is 1. The number of nitrogens with zero attached hydrogens (tertiary/aromatic N) is 2. The third-order valence-corrected chi connectivity index (χ3v) is 3.09. The van der Waals surface area contributed by atoms with Gasteiger partial charge in [-0.05, 0) is 12.1 Å². The molecule has 0 spiro atoms. The van der Waals surface area contributed by atoms with Gasteiger partial charge in [0, 0.05) is 18.0 Å². The molecule has 2 aromatic heterocycles. The summed E-state index contributed by atoms with van der Waals surface area (Å²) in [5.74, 6) is 0. The molecular weight excluding hydrogens is 220 g/mol. The molecule has 0 fully saturated rings. The minimum Gasteiger partial charge on any atom is -0.390 e. The Kier molecular flexibility index (Phi) is 2.77. The first-order valence-corrected chi connectivity index (χ1v) is 5.17. The lowest BCUT2D eigenvalue weighted by molar-refractivity contribution is 0.278. The van der Waals surface area contributed by atoms with E-state index in [0.717, 1.165) is 10.6 Å². The Morgan fingerprint density at radius 2 is 2.36 bits per heavy atom. The average Bonchev–Trinajstić information content (AvgIpc) is 2.61. The number of hydrogen-bond donors (Lipinski definition) is 1. The molecule has 0 saturated carbocycles. The molecule has 14 heavy (non-hydrogen) atoms. The minimum atomic E-state index is -0.129. The molecule has 2 heterocycles. The van der Waals surface area contributed by atoms with E-state index in [1.54, 1.807) is 12.4 Å². The van der Waals surface area contributed by atoms with Crippen LogP contribution < -0.4 is 0 Å². The summed E-state index contributed by atoms with van der Waals surface area (Å²) >= 11 is 7.22. The van der Waals surface area contributed by atoms with Crippen molar-refractivity contribution in [2.75, 3.05) is 0 Å². The standard InChI is InChI=1S/C9H7ClN2OS/c10-8-7(5-13)12-9(14-8)6-2-1-3-11-4-6/h1-4,13H,5H2. The van der Waals surface area contributed by atoms with E-state index in [1.807, 2.05) is 12.1 Å². The molecule has 0 aliphatic heterocycles. The van der Waals surface area contributed by atoms with Crippen LogP contribution in [0.25, 0.3) is 10.6 Å². The molecule has 0 radical (unpaired) electrons. The van der Waals surface area contributed by atoms with Crippen LogP contribution in [0, 0.1) is 0 Å². The zero-order valence-electron chi connectivity index (χ0n) is 7.14. The fourth-order valence-corrected chi connectivity index (χ4v) is 2.16. The van der Waals surface area contributed by atoms with Crippen LogP contribution in [0.4, 0.5) is 0 Å². The van der Waals surface area contributed by atoms with Crippen molar-refractivity contribution in [3.63, 3.8) is 0 Å². The van der Waals surface area contributed by atoms with E-state index < -0.39 is 0 Å². The number of halogens is 1. The summed E-state index contributed by atoms with van der Waals surface area (Å²) in [5.41, 5.74) is 1.44. The van der Waals surface area contributed by atoms with Crippen LogP contribution in [-0.2, 0) is 6.61 Å². The van der Waals surface area contributed by atoms with Gasteiger partial charge < -0.3 is 5.11 Å². The fourth-order valence-electron chi connectivity index (χ4n) is 1.04. The van der Waals surface area contributed by atoms with Crippen molar-refractivity contribution < 1.29 is 5.11 Å². The van der Waals surface area contributed by atoms with Gasteiger partial charge in [0.25, 0.3) is 0 Å². The SMILES string of the molecule is OCc1nc(-c2cccnc2)sc1Cl. The highest BCUT2D eigenvalue weighted by atomic mass is 35.5. The van der Waals surface area contributed by atoms with Gasteiger partial charge >= 0.3 is 0 Å². The lowest BCUT2D eigenvalue weighted by atomic mass is 10.3. The number of thiazole rings is 1. The molecule has 0 aromatic carbocycles. The van der Waals surface area contributed by atoms with Crippen molar-refractivity contribution in [2.24, 2.45) is 0 Å². The van der Waals surface area contributed by atoms with Crippen LogP contribution in [0.2, 0.25) is 4.34 Å². The van der Waals surface area contributed by atoms with Crippen LogP contribution in [0.3, 0.4) is 0 Å². The van der Waals surface area contributed by atoms with Gasteiger partial charge in [0.1, 0.15) is 9.34 Å². The Morgan fingerprint density at radius 3 is 2.93 bits per heavy atom. The van der Waals surface area contributed by atoms with E-state index in [0.29, 0.717) is 10.0 Å². The normalized spacial score (nSPS) is 10.4. The smallest absolute Gasteiger partial charge is 0.126 e. The molecule has 0 saturated heterocycles. The zero-order valence-corrected chi connectivity index (χ0v) is 8.72. The van der Waals surface area contributed by atoms with Gasteiger partial charge in [0.2, 0.25) is 0 Å². The minimum absolute atomic E-state index is 0.129. The van der Waals surface area contributed by atoms with Crippen molar-refractivity contribution >= 4 is 22.9 Å². The first kappa shape index (κ1) is 9.58. The lowest BCUT2D eigenvalue weighted by Crippen LogP contribution is -1.83. The van der Waals surface area contributed by atoms with Crippen LogP contribution in [0.5, 0.6) is 0 Å². The van der Waals surface area contributed by atoms with Gasteiger partial charge in [-0.15, -0.1) is 11.3 Å². The molecule has 2 rings (SSSR count). The van der Waals surface area contributed by atoms with E-state index in [-0.39, 0.29) is 6.61 Å². The molecule has 0 unspecified atom stereocenters. The number of hydrogen-bond acceptors (Lipinski definition) is 4. The maximum absolute atomic E-state index is 8.92. The first-order valence-electron chi connectivity index (χ1n) is 3.97. The second-order valence-electron chi connectivity index (χ2n) is 2.64. The first-order chi connectivity index (χ1) is 6.81. The third kappa shape index (κ3) is 1.77. The summed E-state index contributed by atoms with van der Waals surface area (Å²) in [6.07, 6.45) is 3.42. The van der Waals surface area contributed by atoms with Crippen molar-refractivity contribution in [2.45, 2.75) is 6.61 Å². The molecule has 0 aliphatic carbocycles. The van der Waals surface area contributed by atoms with Gasteiger partial charge in [-0.3, -0.25) is 4.98 Å². The Labute approximate surface area is 90.0 Å². The maximum Gasteiger partial charge on any atom is 0.126 e. The summed E-state index contributed by atoms with van der Waals surface area (Å²) in [4.78, 5) is 8.18. The third-order valence-electron chi connectivity index (χ3n) is 1.71. The predicted molar refractivity (Wildman–Crippen MR) is 56.3 cm³/mol. The highest BCUT2D eigenvalue weighted by molar-refractivity contribution is 7.19. The Hall–Kier alpha value is -0.970. The maximum atomic E-state index is 8.92. The Morgan fingerprint density at radius 1 is 1.50 bits per heavy atom. The zero-order chi connectivity index (χ0) is 9.97. The summed E-state index contributed by atoms with van der Waals surface area (Å²) in [6, 6.07) is 3.74. The molecule has 2 aromatic rings. The molecule has 0 amide bonds. The number of aliphatic hydroxyl groups is 1. The second kappa shape index (κ2) is 4.04. The molecule has 0 bridgehead atoms. The summed E-state index contributed by atoms with van der Waals surface area (Å²) < 4.78 is 0.534. The lowest BCUT2D eigenvalue weighted by Gasteiger charge is -1.92. The fraction of sp³-hybridized carbons (Fsp3) is 0.111. The molecule has 5 heteroatoms. The van der Waals surface area contributed by atoms with Crippen molar-refractivity contribution in [3.05, 3.63) is 34.6 Å². The number of rotatable bonds is 2. The quantitative estimate of drug-likeness (QED) is 0.855. The van der Waals surface area contributed by atoms with Gasteiger partial charge in [0.05, 0.1) is 12.3 Å². The highest BCUT2D eigenvalue weighted by Crippen LogP contribution is 2.30. The van der Waals surface area contributed by atoms with E-state index in [2.05, 4.69) is 9.97 Å². The van der Waals surface area contributed by atoms with Gasteiger partial charge in [0.15, 0.2) is 0 Å². The van der Waals surface area contributed by atoms with Gasteiger partial charge in [-0.1, -0.05) is 11.6 Å². The van der Waals surface area contributed by atoms with Crippen LogP contribution in [0.1, 0.15) is 5.69 Å². The van der Waals surface area contributed by atoms with Crippen LogP contribution in [0.15, 0.2) is 24.5 Å². The summed E-state index contributed by atoms with van der Waals surface area (Å²) in [7, 11) is 0. The van der Waals surface area contributed by atoms with Crippen molar-refractivity contribution in [1.82, 2.24) is 9.97 Å². The topological polar surface area (TPSA) is 46.0 Å². The average molecular weight is 227 g/mol. The van der Waals surface area contributed by atoms with Gasteiger partial charge in [-0.2, -0.15) is 0 Å². The molecule has 72 valence electrons. The largest absolute Gasteiger partial charge is 0.390 e. The van der Waals surface area contributed by atoms with Gasteiger partial charge in [-0.25, -0.2) is 4.98 Å². The van der Waals surface area contributed by atoms with E-state index in [9.17, 15) is 0 Å². The Bertz CT molecular complexity index is 430. The van der Waals surface area contributed by atoms with Crippen molar-refractivity contribution in [1.29, 1.82) is 0 Å². The van der Waals surface area contributed by atoms with E-state index >= 15 is 0 Å². The van der Waals surface area contributed by atoms with Crippen LogP contribution in [-0.4, -0.2) is 15.1 Å². The monoisotopic (exact) mass is 226 g/mol. The Balaban J connectivity index is 2.43. The second-order valence-corrected chi connectivity index (χ2v) is 4.24. The van der Waals surface area contributed by atoms with E-state index in [1.165, 1.54) is 11.3 Å². The predicted octanol–water partition coefficient (Wildman–Crippen LogP) is 2.35. The molecule has 0 atom stereocenters. The summed E-state index contributed by atoms with van der Waals surface area (Å²) in [6.45, 7) is -0.129. The molecule has 3 nitrogen and oxygen atoms in total.